The van der Waals surface area contributed by atoms with Gasteiger partial charge < -0.3 is 14.5 Å². The first-order valence-electron chi connectivity index (χ1n) is 14.1. The van der Waals surface area contributed by atoms with Crippen LogP contribution in [-0.4, -0.2) is 59.5 Å². The number of hydrogen-bond donors (Lipinski definition) is 0. The minimum Gasteiger partial charge on any atom is -0.497 e. The fraction of sp³-hybridized carbons (Fsp3) is 0.312. The number of piperazine rings is 1. The lowest BCUT2D eigenvalue weighted by molar-refractivity contribution is -0.122. The fourth-order valence-corrected chi connectivity index (χ4v) is 6.75. The van der Waals surface area contributed by atoms with Crippen molar-refractivity contribution in [3.8, 4) is 11.8 Å². The van der Waals surface area contributed by atoms with Gasteiger partial charge >= 0.3 is 0 Å². The number of anilines is 2. The average molecular weight is 618 g/mol. The molecule has 0 saturated carbocycles. The third-order valence-corrected chi connectivity index (χ3v) is 9.24. The summed E-state index contributed by atoms with van der Waals surface area (Å²) < 4.78 is 20.8. The lowest BCUT2D eigenvalue weighted by Gasteiger charge is -2.39. The van der Waals surface area contributed by atoms with Gasteiger partial charge in [-0.2, -0.15) is 5.26 Å². The highest BCUT2D eigenvalue weighted by Gasteiger charge is 2.33. The molecule has 0 bridgehead atoms. The van der Waals surface area contributed by atoms with E-state index in [4.69, 9.17) is 17.0 Å². The number of aromatic nitrogens is 1. The monoisotopic (exact) mass is 617 g/mol. The number of nitriles is 1. The van der Waals surface area contributed by atoms with E-state index in [0.29, 0.717) is 71.9 Å². The van der Waals surface area contributed by atoms with Crippen molar-refractivity contribution in [2.45, 2.75) is 26.8 Å². The molecule has 3 aromatic rings. The molecule has 1 aromatic heterocycles. The molecule has 0 spiro atoms. The Kier molecular flexibility index (Phi) is 9.18. The van der Waals surface area contributed by atoms with Gasteiger partial charge in [0.15, 0.2) is 0 Å². The Bertz CT molecular complexity index is 1670. The number of thiocarbonyl (C=S) groups is 1. The summed E-state index contributed by atoms with van der Waals surface area (Å²) in [5.74, 6) is 0.984. The van der Waals surface area contributed by atoms with Crippen LogP contribution >= 0.6 is 24.0 Å². The predicted octanol–water partition coefficient (Wildman–Crippen LogP) is 4.97. The van der Waals surface area contributed by atoms with E-state index in [2.05, 4.69) is 15.9 Å². The zero-order valence-electron chi connectivity index (χ0n) is 24.3. The van der Waals surface area contributed by atoms with Crippen molar-refractivity contribution in [2.24, 2.45) is 0 Å². The van der Waals surface area contributed by atoms with Crippen molar-refractivity contribution in [3.05, 3.63) is 91.9 Å². The van der Waals surface area contributed by atoms with Crippen LogP contribution in [-0.2, 0) is 17.8 Å². The van der Waals surface area contributed by atoms with Crippen LogP contribution in [0.5, 0.6) is 5.75 Å². The lowest BCUT2D eigenvalue weighted by atomic mass is 10.0. The van der Waals surface area contributed by atoms with Crippen LogP contribution in [0.4, 0.5) is 15.9 Å². The summed E-state index contributed by atoms with van der Waals surface area (Å²) in [6, 6.07) is 16.2. The molecule has 0 unspecified atom stereocenters. The highest BCUT2D eigenvalue weighted by Crippen LogP contribution is 2.36. The molecule has 0 aliphatic carbocycles. The van der Waals surface area contributed by atoms with Crippen LogP contribution in [0.3, 0.4) is 0 Å². The normalized spacial score (nSPS) is 16.3. The van der Waals surface area contributed by atoms with E-state index < -0.39 is 0 Å². The summed E-state index contributed by atoms with van der Waals surface area (Å²) >= 11 is 6.84. The number of thioether (sulfide) groups is 1. The number of ether oxygens (including phenoxy) is 1. The van der Waals surface area contributed by atoms with Crippen LogP contribution in [0.1, 0.15) is 29.2 Å². The van der Waals surface area contributed by atoms with Crippen LogP contribution in [0.25, 0.3) is 6.08 Å². The number of pyridine rings is 1. The summed E-state index contributed by atoms with van der Waals surface area (Å²) in [5.41, 5.74) is 2.92. The summed E-state index contributed by atoms with van der Waals surface area (Å²) in [7, 11) is 1.62. The Labute approximate surface area is 260 Å². The summed E-state index contributed by atoms with van der Waals surface area (Å²) in [6.45, 7) is 6.96. The highest BCUT2D eigenvalue weighted by molar-refractivity contribution is 8.26. The Hall–Kier alpha value is -4.14. The molecular formula is C32H32FN5O3S2. The van der Waals surface area contributed by atoms with E-state index in [1.165, 1.54) is 23.9 Å². The van der Waals surface area contributed by atoms with E-state index in [1.807, 2.05) is 31.2 Å². The van der Waals surface area contributed by atoms with Gasteiger partial charge in [0, 0.05) is 50.5 Å². The second-order valence-corrected chi connectivity index (χ2v) is 12.0. The van der Waals surface area contributed by atoms with Gasteiger partial charge in [-0.25, -0.2) is 4.39 Å². The number of benzene rings is 2. The number of carbonyl (C=O) groups excluding carboxylic acids is 1. The third-order valence-electron chi connectivity index (χ3n) is 7.87. The molecule has 0 radical (unpaired) electrons. The molecule has 43 heavy (non-hydrogen) atoms. The Morgan fingerprint density at radius 3 is 2.30 bits per heavy atom. The quantitative estimate of drug-likeness (QED) is 0.259. The second-order valence-electron chi connectivity index (χ2n) is 10.3. The standard InChI is InChI=1S/C32H32FN5O3S2/c1-4-37-29(36-17-15-35(16-18-36)24-9-7-23(33)8-10-24)26(21(2)27(20-34)30(37)39)19-28-31(40)38(32(42)43-28)14-13-22-5-11-25(41-3)12-6-22/h5-12,19H,4,13-18H2,1-3H3/b28-19-. The molecule has 2 saturated heterocycles. The molecule has 11 heteroatoms. The van der Waals surface area contributed by atoms with Crippen LogP contribution in [0, 0.1) is 24.1 Å². The van der Waals surface area contributed by atoms with Gasteiger partial charge in [-0.1, -0.05) is 36.1 Å². The van der Waals surface area contributed by atoms with E-state index in [-0.39, 0.29) is 22.8 Å². The minimum absolute atomic E-state index is 0.0665. The van der Waals surface area contributed by atoms with Crippen LogP contribution in [0.2, 0.25) is 0 Å². The van der Waals surface area contributed by atoms with Crippen molar-refractivity contribution in [2.75, 3.05) is 49.6 Å². The van der Waals surface area contributed by atoms with Crippen molar-refractivity contribution in [3.63, 3.8) is 0 Å². The highest BCUT2D eigenvalue weighted by atomic mass is 32.2. The molecule has 2 aromatic carbocycles. The predicted molar refractivity (Wildman–Crippen MR) is 173 cm³/mol. The van der Waals surface area contributed by atoms with E-state index >= 15 is 0 Å². The number of hydrogen-bond acceptors (Lipinski definition) is 8. The van der Waals surface area contributed by atoms with Gasteiger partial charge in [-0.3, -0.25) is 19.1 Å². The van der Waals surface area contributed by atoms with E-state index in [1.54, 1.807) is 41.7 Å². The molecule has 0 atom stereocenters. The largest absolute Gasteiger partial charge is 0.497 e. The third kappa shape index (κ3) is 6.17. The summed E-state index contributed by atoms with van der Waals surface area (Å²) in [6.07, 6.45) is 2.42. The number of methoxy groups -OCH3 is 1. The van der Waals surface area contributed by atoms with Crippen LogP contribution in [0.15, 0.2) is 58.2 Å². The molecule has 5 rings (SSSR count). The van der Waals surface area contributed by atoms with E-state index in [0.717, 1.165) is 17.0 Å². The number of halogens is 1. The van der Waals surface area contributed by atoms with Gasteiger partial charge in [0.2, 0.25) is 0 Å². The van der Waals surface area contributed by atoms with E-state index in [9.17, 15) is 19.2 Å². The van der Waals surface area contributed by atoms with Gasteiger partial charge in [-0.15, -0.1) is 0 Å². The van der Waals surface area contributed by atoms with Crippen molar-refractivity contribution >= 4 is 51.8 Å². The van der Waals surface area contributed by atoms with Crippen molar-refractivity contribution in [1.29, 1.82) is 5.26 Å². The Morgan fingerprint density at radius 1 is 1.05 bits per heavy atom. The first kappa shape index (κ1) is 30.3. The fourth-order valence-electron chi connectivity index (χ4n) is 5.46. The zero-order valence-corrected chi connectivity index (χ0v) is 25.9. The lowest BCUT2D eigenvalue weighted by Crippen LogP contribution is -2.48. The Morgan fingerprint density at radius 2 is 1.70 bits per heavy atom. The molecule has 2 aliphatic rings. The smallest absolute Gasteiger partial charge is 0.270 e. The SMILES string of the molecule is CCn1c(N2CCN(c3ccc(F)cc3)CC2)c(/C=C2\SC(=S)N(CCc3ccc(OC)cc3)C2=O)c(C)c(C#N)c1=O. The van der Waals surface area contributed by atoms with Crippen molar-refractivity contribution in [1.82, 2.24) is 9.47 Å². The molecule has 3 heterocycles. The maximum absolute atomic E-state index is 13.6. The number of carbonyl (C=O) groups is 1. The molecular weight excluding hydrogens is 586 g/mol. The minimum atomic E-state index is -0.345. The maximum atomic E-state index is 13.6. The van der Waals surface area contributed by atoms with Crippen molar-refractivity contribution < 1.29 is 13.9 Å². The van der Waals surface area contributed by atoms with Gasteiger partial charge in [0.1, 0.15) is 33.3 Å². The number of amides is 1. The maximum Gasteiger partial charge on any atom is 0.270 e. The first-order chi connectivity index (χ1) is 20.7. The average Bonchev–Trinajstić information content (AvgIpc) is 3.29. The molecule has 8 nitrogen and oxygen atoms in total. The van der Waals surface area contributed by atoms with Crippen LogP contribution < -0.4 is 20.1 Å². The first-order valence-corrected chi connectivity index (χ1v) is 15.3. The molecule has 0 N–H and O–H groups in total. The molecule has 1 amide bonds. The van der Waals surface area contributed by atoms with Gasteiger partial charge in [-0.05, 0) is 73.9 Å². The molecule has 2 aliphatic heterocycles. The molecule has 222 valence electrons. The topological polar surface area (TPSA) is 81.8 Å². The number of nitrogens with zero attached hydrogens (tertiary/aromatic N) is 5. The molecule has 2 fully saturated rings. The summed E-state index contributed by atoms with van der Waals surface area (Å²) in [5, 5.41) is 9.89. The number of rotatable bonds is 8. The van der Waals surface area contributed by atoms with Gasteiger partial charge in [0.25, 0.3) is 11.5 Å². The van der Waals surface area contributed by atoms with Gasteiger partial charge in [0.05, 0.1) is 12.0 Å². The Balaban J connectivity index is 1.45. The zero-order chi connectivity index (χ0) is 30.7. The second kappa shape index (κ2) is 13.0. The summed E-state index contributed by atoms with van der Waals surface area (Å²) in [4.78, 5) is 33.4.